The van der Waals surface area contributed by atoms with Gasteiger partial charge in [0.05, 0.1) is 19.3 Å². The molecule has 0 spiro atoms. The third-order valence-corrected chi connectivity index (χ3v) is 5.23. The van der Waals surface area contributed by atoms with Crippen LogP contribution < -0.4 is 5.32 Å². The van der Waals surface area contributed by atoms with Gasteiger partial charge >= 0.3 is 0 Å². The van der Waals surface area contributed by atoms with E-state index in [1.165, 1.54) is 25.0 Å². The summed E-state index contributed by atoms with van der Waals surface area (Å²) < 4.78 is 5.32. The standard InChI is InChI=1S/C14H28N2O2S/c1-2-19-14-4-3-12(9-14)15-10-13(17)11-16-5-7-18-8-6-16/h12-15,17H,2-11H2,1H3. The SMILES string of the molecule is CCSC1CCC(NCC(O)CN2CCOCC2)C1. The Morgan fingerprint density at radius 1 is 1.37 bits per heavy atom. The first-order valence-electron chi connectivity index (χ1n) is 7.61. The second-order valence-electron chi connectivity index (χ2n) is 5.56. The molecule has 2 N–H and O–H groups in total. The number of nitrogens with one attached hydrogen (secondary N) is 1. The van der Waals surface area contributed by atoms with Crippen molar-refractivity contribution in [1.29, 1.82) is 0 Å². The lowest BCUT2D eigenvalue weighted by molar-refractivity contribution is 0.0145. The van der Waals surface area contributed by atoms with Crippen molar-refractivity contribution < 1.29 is 9.84 Å². The van der Waals surface area contributed by atoms with Crippen LogP contribution in [0.15, 0.2) is 0 Å². The summed E-state index contributed by atoms with van der Waals surface area (Å²) in [7, 11) is 0. The van der Waals surface area contributed by atoms with Gasteiger partial charge in [0, 0.05) is 37.5 Å². The molecule has 4 nitrogen and oxygen atoms in total. The van der Waals surface area contributed by atoms with Crippen LogP contribution in [0.5, 0.6) is 0 Å². The zero-order chi connectivity index (χ0) is 13.5. The van der Waals surface area contributed by atoms with Gasteiger partial charge < -0.3 is 15.2 Å². The maximum absolute atomic E-state index is 10.1. The summed E-state index contributed by atoms with van der Waals surface area (Å²) in [6, 6.07) is 0.614. The Hall–Kier alpha value is 0.190. The summed E-state index contributed by atoms with van der Waals surface area (Å²) in [5, 5.41) is 14.5. The predicted molar refractivity (Wildman–Crippen MR) is 80.8 cm³/mol. The van der Waals surface area contributed by atoms with Crippen LogP contribution in [0.2, 0.25) is 0 Å². The first-order chi connectivity index (χ1) is 9.28. The van der Waals surface area contributed by atoms with Gasteiger partial charge in [0.25, 0.3) is 0 Å². The molecule has 2 aliphatic rings. The summed E-state index contributed by atoms with van der Waals surface area (Å²) in [6.07, 6.45) is 3.61. The second kappa shape index (κ2) is 8.47. The highest BCUT2D eigenvalue weighted by molar-refractivity contribution is 7.99. The van der Waals surface area contributed by atoms with E-state index in [1.807, 2.05) is 0 Å². The fourth-order valence-electron chi connectivity index (χ4n) is 2.96. The van der Waals surface area contributed by atoms with Crippen molar-refractivity contribution in [3.05, 3.63) is 0 Å². The minimum absolute atomic E-state index is 0.254. The highest BCUT2D eigenvalue weighted by Crippen LogP contribution is 2.29. The molecule has 3 atom stereocenters. The zero-order valence-corrected chi connectivity index (χ0v) is 12.8. The van der Waals surface area contributed by atoms with E-state index in [0.717, 1.165) is 44.6 Å². The molecule has 1 heterocycles. The van der Waals surface area contributed by atoms with E-state index >= 15 is 0 Å². The zero-order valence-electron chi connectivity index (χ0n) is 12.0. The molecular formula is C14H28N2O2S. The van der Waals surface area contributed by atoms with Crippen LogP contribution in [0.3, 0.4) is 0 Å². The fourth-order valence-corrected chi connectivity index (χ4v) is 4.10. The van der Waals surface area contributed by atoms with Crippen LogP contribution in [0.1, 0.15) is 26.2 Å². The monoisotopic (exact) mass is 288 g/mol. The van der Waals surface area contributed by atoms with Crippen molar-refractivity contribution in [1.82, 2.24) is 10.2 Å². The molecule has 0 amide bonds. The van der Waals surface area contributed by atoms with Crippen molar-refractivity contribution >= 4 is 11.8 Å². The van der Waals surface area contributed by atoms with E-state index in [1.54, 1.807) is 0 Å². The van der Waals surface area contributed by atoms with Crippen LogP contribution in [0.25, 0.3) is 0 Å². The van der Waals surface area contributed by atoms with E-state index in [4.69, 9.17) is 4.74 Å². The minimum atomic E-state index is -0.254. The average molecular weight is 288 g/mol. The van der Waals surface area contributed by atoms with Crippen LogP contribution in [0.4, 0.5) is 0 Å². The molecule has 0 aromatic rings. The molecule has 3 unspecified atom stereocenters. The number of nitrogens with zero attached hydrogens (tertiary/aromatic N) is 1. The molecule has 0 aromatic heterocycles. The topological polar surface area (TPSA) is 44.7 Å². The summed E-state index contributed by atoms with van der Waals surface area (Å²) >= 11 is 2.08. The second-order valence-corrected chi connectivity index (χ2v) is 7.14. The summed E-state index contributed by atoms with van der Waals surface area (Å²) in [6.45, 7) is 7.25. The highest BCUT2D eigenvalue weighted by atomic mass is 32.2. The number of rotatable bonds is 7. The van der Waals surface area contributed by atoms with Crippen molar-refractivity contribution in [2.45, 2.75) is 43.6 Å². The van der Waals surface area contributed by atoms with Gasteiger partial charge in [-0.15, -0.1) is 0 Å². The van der Waals surface area contributed by atoms with Gasteiger partial charge in [-0.05, 0) is 25.0 Å². The number of morpholine rings is 1. The van der Waals surface area contributed by atoms with E-state index in [2.05, 4.69) is 28.9 Å². The van der Waals surface area contributed by atoms with E-state index in [-0.39, 0.29) is 6.10 Å². The van der Waals surface area contributed by atoms with Gasteiger partial charge in [-0.3, -0.25) is 4.90 Å². The molecule has 1 aliphatic heterocycles. The Morgan fingerprint density at radius 3 is 2.89 bits per heavy atom. The third kappa shape index (κ3) is 5.60. The number of β-amino-alcohol motifs (C(OH)–C–C–N with tert-alkyl or cyclic N) is 1. The maximum atomic E-state index is 10.1. The molecule has 112 valence electrons. The van der Waals surface area contributed by atoms with Crippen molar-refractivity contribution in [2.75, 3.05) is 45.1 Å². The van der Waals surface area contributed by atoms with Gasteiger partial charge in [-0.25, -0.2) is 0 Å². The molecule has 0 aromatic carbocycles. The van der Waals surface area contributed by atoms with Gasteiger partial charge in [0.15, 0.2) is 0 Å². The van der Waals surface area contributed by atoms with E-state index in [0.29, 0.717) is 6.04 Å². The molecule has 5 heteroatoms. The molecule has 2 rings (SSSR count). The largest absolute Gasteiger partial charge is 0.390 e. The molecule has 0 radical (unpaired) electrons. The lowest BCUT2D eigenvalue weighted by Crippen LogP contribution is -2.45. The Balaban J connectivity index is 1.57. The minimum Gasteiger partial charge on any atom is -0.390 e. The van der Waals surface area contributed by atoms with Crippen molar-refractivity contribution in [3.8, 4) is 0 Å². The number of ether oxygens (including phenoxy) is 1. The molecule has 1 saturated carbocycles. The Labute approximate surface area is 121 Å². The number of aliphatic hydroxyl groups is 1. The van der Waals surface area contributed by atoms with Crippen LogP contribution in [-0.2, 0) is 4.74 Å². The first kappa shape index (κ1) is 15.6. The number of hydrogen-bond donors (Lipinski definition) is 2. The van der Waals surface area contributed by atoms with Crippen LogP contribution in [0, 0.1) is 0 Å². The molecule has 0 bridgehead atoms. The normalized spacial score (nSPS) is 30.6. The summed E-state index contributed by atoms with van der Waals surface area (Å²) in [5.41, 5.74) is 0. The smallest absolute Gasteiger partial charge is 0.0791 e. The lowest BCUT2D eigenvalue weighted by atomic mass is 10.2. The highest BCUT2D eigenvalue weighted by Gasteiger charge is 2.24. The van der Waals surface area contributed by atoms with Gasteiger partial charge in [0.2, 0.25) is 0 Å². The van der Waals surface area contributed by atoms with E-state index in [9.17, 15) is 5.11 Å². The Kier molecular flexibility index (Phi) is 6.94. The Bertz CT molecular complexity index is 250. The van der Waals surface area contributed by atoms with E-state index < -0.39 is 0 Å². The fraction of sp³-hybridized carbons (Fsp3) is 1.00. The molecular weight excluding hydrogens is 260 g/mol. The maximum Gasteiger partial charge on any atom is 0.0791 e. The molecule has 1 aliphatic carbocycles. The van der Waals surface area contributed by atoms with Gasteiger partial charge in [-0.1, -0.05) is 6.92 Å². The first-order valence-corrected chi connectivity index (χ1v) is 8.66. The summed E-state index contributed by atoms with van der Waals surface area (Å²) in [4.78, 5) is 2.29. The third-order valence-electron chi connectivity index (χ3n) is 4.00. The van der Waals surface area contributed by atoms with Crippen molar-refractivity contribution in [3.63, 3.8) is 0 Å². The average Bonchev–Trinajstić information content (AvgIpc) is 2.86. The summed E-state index contributed by atoms with van der Waals surface area (Å²) in [5.74, 6) is 1.22. The molecule has 1 saturated heterocycles. The number of aliphatic hydroxyl groups excluding tert-OH is 1. The quantitative estimate of drug-likeness (QED) is 0.730. The number of hydrogen-bond acceptors (Lipinski definition) is 5. The lowest BCUT2D eigenvalue weighted by Gasteiger charge is -2.29. The molecule has 2 fully saturated rings. The van der Waals surface area contributed by atoms with Crippen molar-refractivity contribution in [2.24, 2.45) is 0 Å². The Morgan fingerprint density at radius 2 is 2.16 bits per heavy atom. The predicted octanol–water partition coefficient (Wildman–Crippen LogP) is 0.943. The van der Waals surface area contributed by atoms with Gasteiger partial charge in [-0.2, -0.15) is 11.8 Å². The van der Waals surface area contributed by atoms with Crippen LogP contribution in [-0.4, -0.2) is 72.5 Å². The molecule has 19 heavy (non-hydrogen) atoms. The van der Waals surface area contributed by atoms with Crippen LogP contribution >= 0.6 is 11.8 Å². The van der Waals surface area contributed by atoms with Gasteiger partial charge in [0.1, 0.15) is 0 Å². The number of thioether (sulfide) groups is 1.